The number of hydrogen-bond acceptors (Lipinski definition) is 12. The molecule has 18 atom stereocenters. The molecule has 14 rings (SSSR count). The summed E-state index contributed by atoms with van der Waals surface area (Å²) >= 11 is 12.5. The van der Waals surface area contributed by atoms with Crippen LogP contribution in [0.2, 0.25) is 10.0 Å². The second-order valence-corrected chi connectivity index (χ2v) is 43.5. The van der Waals surface area contributed by atoms with E-state index in [9.17, 15) is 34.5 Å². The minimum Gasteiger partial charge on any atom is -0.870 e. The molecule has 116 heavy (non-hydrogen) atoms. The largest absolute Gasteiger partial charge is 1.00 e. The number of ketones is 2. The summed E-state index contributed by atoms with van der Waals surface area (Å²) in [6, 6.07) is 16.2. The molecule has 2 aromatic carbocycles. The van der Waals surface area contributed by atoms with Crippen LogP contribution in [0.25, 0.3) is 0 Å². The van der Waals surface area contributed by atoms with Crippen molar-refractivity contribution in [3.63, 3.8) is 0 Å². The van der Waals surface area contributed by atoms with Crippen LogP contribution in [0, 0.1) is 113 Å². The van der Waals surface area contributed by atoms with Crippen molar-refractivity contribution in [3.8, 4) is 0 Å². The number of carbonyl (C=O) groups is 4. The van der Waals surface area contributed by atoms with Crippen molar-refractivity contribution < 1.29 is 74.3 Å². The summed E-state index contributed by atoms with van der Waals surface area (Å²) in [5, 5.41) is 36.6. The van der Waals surface area contributed by atoms with E-state index in [1.807, 2.05) is 31.2 Å². The Balaban J connectivity index is 0.000000224. The number of carbonyl (C=O) groups excluding carboxylic acids is 3. The normalized spacial score (nSPS) is 36.0. The summed E-state index contributed by atoms with van der Waals surface area (Å²) in [5.74, 6) is 2.75. The van der Waals surface area contributed by atoms with Gasteiger partial charge in [0.15, 0.2) is 11.6 Å². The molecule has 636 valence electrons. The number of hydrogen-bond donors (Lipinski definition) is 3. The smallest absolute Gasteiger partial charge is 0.870 e. The van der Waals surface area contributed by atoms with Gasteiger partial charge in [0, 0.05) is 86.1 Å². The summed E-state index contributed by atoms with van der Waals surface area (Å²) in [6.07, 6.45) is 29.7. The Kier molecular flexibility index (Phi) is 28.3. The maximum Gasteiger partial charge on any atom is 1.00 e. The van der Waals surface area contributed by atoms with Gasteiger partial charge in [-0.25, -0.2) is 0 Å². The molecule has 0 radical (unpaired) electrons. The van der Waals surface area contributed by atoms with Crippen molar-refractivity contribution in [2.24, 2.45) is 113 Å². The molecule has 0 aliphatic heterocycles. The fourth-order valence-corrected chi connectivity index (χ4v) is 29.3. The fourth-order valence-electron chi connectivity index (χ4n) is 29.0. The number of fused-ring (bicyclic) bond motifs is 14. The number of rotatable bonds is 23. The van der Waals surface area contributed by atoms with Crippen molar-refractivity contribution in [1.82, 2.24) is 19.6 Å². The van der Waals surface area contributed by atoms with Crippen LogP contribution in [-0.2, 0) is 37.0 Å². The first-order chi connectivity index (χ1) is 53.6. The standard InChI is InChI=1S/C51H75ClN2O4.C49H71ClN2O4.Na.H2O/c1-11-58-46(57)36-16-14-35(15-17-36)38-22-24-48(6)41(47(38,4)5)23-25-50(8)42(48)21-20-39-45-44(33(2)3)40(55)30-51(45,27-26-49(39,50)7)43(56)32-54(29-28-53(9)10)31-34-12-18-37(52)19-13-34;1-31(2)42-38(53)28-49(41(54)30-52(27-26-51(8)9)29-32-10-16-35(50)17-11-32)25-24-47(6)37(43(42)49)18-19-40-46(5)22-20-36(33-12-14-34(15-13-33)44(55)56)45(3,4)39(46)21-23-48(40,47)7;;/h12-14,18-19,22,33,36,39,41-43,56H,11,15-17,20-21,23-32H2,1-10H3;10-12,16-17,20,31,34,37,39-41,54H,13-15,18-19,21-30H2,1-9H3,(H,55,56);;1H2/q;;+1;/p-1/t36?,39-,41+,42-,43?,48+,49-,50-,51+;34?,37-,39+,40-,41?,46+,47-,48-,49+;;/m11../s1. The third-order valence-corrected chi connectivity index (χ3v) is 35.6. The van der Waals surface area contributed by atoms with Gasteiger partial charge in [-0.2, -0.15) is 0 Å². The number of allylic oxidation sites excluding steroid dienone is 10. The number of halogens is 2. The fraction of sp³-hybridized carbons (Fsp3) is 0.720. The van der Waals surface area contributed by atoms with Crippen molar-refractivity contribution in [2.75, 3.05) is 74.1 Å². The van der Waals surface area contributed by atoms with Crippen LogP contribution in [-0.4, -0.2) is 150 Å². The number of benzene rings is 2. The monoisotopic (exact) mass is 1640 g/mol. The Labute approximate surface area is 731 Å². The molecule has 6 fully saturated rings. The Morgan fingerprint density at radius 2 is 0.879 bits per heavy atom. The van der Waals surface area contributed by atoms with Crippen molar-refractivity contribution in [2.45, 2.75) is 270 Å². The molecule has 0 spiro atoms. The average molecular weight is 1640 g/mol. The van der Waals surface area contributed by atoms with Crippen LogP contribution in [0.4, 0.5) is 0 Å². The summed E-state index contributed by atoms with van der Waals surface area (Å²) in [4.78, 5) is 62.2. The first-order valence-corrected chi connectivity index (χ1v) is 45.7. The van der Waals surface area contributed by atoms with Crippen LogP contribution in [0.1, 0.15) is 256 Å². The molecule has 2 aromatic rings. The molecule has 13 nitrogen and oxygen atoms in total. The molecule has 4 N–H and O–H groups in total. The summed E-state index contributed by atoms with van der Waals surface area (Å²) < 4.78 is 5.39. The van der Waals surface area contributed by atoms with Gasteiger partial charge in [-0.3, -0.25) is 29.0 Å². The van der Waals surface area contributed by atoms with Crippen molar-refractivity contribution in [3.05, 3.63) is 139 Å². The summed E-state index contributed by atoms with van der Waals surface area (Å²) in [5.41, 5.74) is 12.8. The second-order valence-electron chi connectivity index (χ2n) is 42.6. The Bertz CT molecular complexity index is 4150. The van der Waals surface area contributed by atoms with Crippen molar-refractivity contribution in [1.29, 1.82) is 0 Å². The molecule has 0 bridgehead atoms. The number of carboxylic acid groups (broad SMARTS) is 1. The molecule has 12 aliphatic carbocycles. The van der Waals surface area contributed by atoms with Gasteiger partial charge in [-0.1, -0.05) is 180 Å². The number of aliphatic hydroxyl groups excluding tert-OH is 2. The maximum atomic E-state index is 14.4. The zero-order valence-corrected chi connectivity index (χ0v) is 78.7. The molecule has 0 saturated heterocycles. The predicted molar refractivity (Wildman–Crippen MR) is 465 cm³/mol. The maximum absolute atomic E-state index is 14.4. The molecule has 0 amide bonds. The van der Waals surface area contributed by atoms with Crippen LogP contribution in [0.15, 0.2) is 117 Å². The molecule has 0 aromatic heterocycles. The molecular formula is C100H147Cl2N4NaO9. The van der Waals surface area contributed by atoms with Gasteiger partial charge < -0.3 is 35.3 Å². The van der Waals surface area contributed by atoms with Gasteiger partial charge in [0.2, 0.25) is 0 Å². The predicted octanol–water partition coefficient (Wildman–Crippen LogP) is 18.1. The summed E-state index contributed by atoms with van der Waals surface area (Å²) in [6.45, 7) is 43.0. The van der Waals surface area contributed by atoms with E-state index in [0.717, 1.165) is 150 Å². The minimum atomic E-state index is -0.663. The van der Waals surface area contributed by atoms with Gasteiger partial charge >= 0.3 is 41.5 Å². The molecule has 12 aliphatic rings. The van der Waals surface area contributed by atoms with Crippen molar-refractivity contribution >= 4 is 46.7 Å². The molecular weight excluding hydrogens is 1500 g/mol. The number of aliphatic hydroxyl groups is 2. The molecule has 6 saturated carbocycles. The van der Waals surface area contributed by atoms with E-state index in [-0.39, 0.29) is 120 Å². The van der Waals surface area contributed by atoms with E-state index >= 15 is 0 Å². The molecule has 16 heteroatoms. The zero-order chi connectivity index (χ0) is 82.6. The van der Waals surface area contributed by atoms with E-state index in [4.69, 9.17) is 27.9 Å². The number of Topliss-reactive ketones (excluding diaryl/α,β-unsaturated/α-hetero) is 2. The Morgan fingerprint density at radius 1 is 0.500 bits per heavy atom. The molecule has 0 heterocycles. The number of ether oxygens (including phenoxy) is 1. The summed E-state index contributed by atoms with van der Waals surface area (Å²) in [7, 11) is 8.41. The van der Waals surface area contributed by atoms with Gasteiger partial charge in [0.25, 0.3) is 0 Å². The topological polar surface area (TPSA) is 181 Å². The first-order valence-electron chi connectivity index (χ1n) is 44.9. The number of likely N-dealkylation sites (N-methyl/N-ethyl adjacent to an activating group) is 2. The quantitative estimate of drug-likeness (QED) is 0.0707. The second kappa shape index (κ2) is 35.2. The number of esters is 1. The SMILES string of the molecule is CC(C)C1=C2[C@H]3CC[C@@H]4[C@@]5(C)CC=C(C6=CCC(C(=O)O)CC6)C(C)(C)[C@@H]5CC[C@@]4(C)[C@]3(C)CC[C@@]2(C(O)CN(CCN(C)C)Cc2ccc(Cl)cc2)CC1=O.CCOC(=O)C1CC=C(C2=CC[C@]3(C)[C@H]4CC[C@@H]5C6=C(C(C)C)C(=O)C[C@]6(C(O)CN(CCN(C)C)Cc6ccc(Cl)cc6)CC[C@@]5(C)[C@]4(C)CC[C@H]3C2(C)C)CC1.[Na+].[OH-]. The van der Waals surface area contributed by atoms with Crippen LogP contribution in [0.3, 0.4) is 0 Å². The number of carboxylic acids is 1. The Hall–Kier alpha value is -3.54. The van der Waals surface area contributed by atoms with Gasteiger partial charge in [-0.15, -0.1) is 0 Å². The van der Waals surface area contributed by atoms with E-state index in [1.54, 1.807) is 0 Å². The van der Waals surface area contributed by atoms with Gasteiger partial charge in [-0.05, 0) is 323 Å². The van der Waals surface area contributed by atoms with E-state index < -0.39 is 29.0 Å². The number of aliphatic carboxylic acids is 1. The third-order valence-electron chi connectivity index (χ3n) is 35.1. The van der Waals surface area contributed by atoms with Gasteiger partial charge in [0.05, 0.1) is 30.7 Å². The number of nitrogens with zero attached hydrogens (tertiary/aromatic N) is 4. The zero-order valence-electron chi connectivity index (χ0n) is 75.2. The van der Waals surface area contributed by atoms with E-state index in [0.29, 0.717) is 74.5 Å². The van der Waals surface area contributed by atoms with Gasteiger partial charge in [0.1, 0.15) is 0 Å². The molecule has 4 unspecified atom stereocenters. The van der Waals surface area contributed by atoms with Crippen LogP contribution in [0.5, 0.6) is 0 Å². The average Bonchev–Trinajstić information content (AvgIpc) is 1.19. The van der Waals surface area contributed by atoms with Crippen LogP contribution >= 0.6 is 23.2 Å². The Morgan fingerprint density at radius 3 is 1.22 bits per heavy atom. The minimum absolute atomic E-state index is 0. The first kappa shape index (κ1) is 93.2. The van der Waals surface area contributed by atoms with E-state index in [2.05, 4.69) is 193 Å². The van der Waals surface area contributed by atoms with Crippen LogP contribution < -0.4 is 29.6 Å². The third kappa shape index (κ3) is 16.2. The van der Waals surface area contributed by atoms with E-state index in [1.165, 1.54) is 76.7 Å².